The van der Waals surface area contributed by atoms with Crippen LogP contribution in [0, 0.1) is 0 Å². The molecule has 0 radical (unpaired) electrons. The van der Waals surface area contributed by atoms with E-state index in [0.717, 1.165) is 0 Å². The topological polar surface area (TPSA) is 0 Å². The lowest BCUT2D eigenvalue weighted by Crippen LogP contribution is -2.12. The first kappa shape index (κ1) is 6.21. The molecule has 0 fully saturated rings. The molecule has 0 unspecified atom stereocenters. The maximum Gasteiger partial charge on any atom is -0.0273 e. The summed E-state index contributed by atoms with van der Waals surface area (Å²) in [7, 11) is 0. The van der Waals surface area contributed by atoms with E-state index in [-0.39, 0.29) is 0 Å². The number of rotatable bonds is 0. The van der Waals surface area contributed by atoms with Gasteiger partial charge in [0.25, 0.3) is 0 Å². The first-order valence-corrected chi connectivity index (χ1v) is 4.21. The van der Waals surface area contributed by atoms with Gasteiger partial charge in [0.05, 0.1) is 0 Å². The Morgan fingerprint density at radius 2 is 1.20 bits per heavy atom. The summed E-state index contributed by atoms with van der Waals surface area (Å²) in [6.07, 6.45) is 5.56. The smallest absolute Gasteiger partial charge is 0.0273 e. The van der Waals surface area contributed by atoms with Crippen LogP contribution < -0.4 is 0 Å². The summed E-state index contributed by atoms with van der Waals surface area (Å²) in [5.74, 6) is 0. The Hall–Kier alpha value is -0.520. The van der Waals surface area contributed by atoms with E-state index in [1.54, 1.807) is 22.3 Å². The van der Waals surface area contributed by atoms with Crippen molar-refractivity contribution >= 4 is 0 Å². The molecular weight excluding hydrogens is 120 g/mol. The van der Waals surface area contributed by atoms with Gasteiger partial charge in [-0.25, -0.2) is 0 Å². The van der Waals surface area contributed by atoms with Crippen molar-refractivity contribution in [1.29, 1.82) is 0 Å². The summed E-state index contributed by atoms with van der Waals surface area (Å²) in [5.41, 5.74) is 6.58. The van der Waals surface area contributed by atoms with E-state index in [4.69, 9.17) is 0 Å². The third-order valence-corrected chi connectivity index (χ3v) is 2.94. The fourth-order valence-electron chi connectivity index (χ4n) is 2.12. The highest BCUT2D eigenvalue weighted by Crippen LogP contribution is 2.43. The highest BCUT2D eigenvalue weighted by molar-refractivity contribution is 5.58. The van der Waals surface area contributed by atoms with Gasteiger partial charge >= 0.3 is 0 Å². The lowest BCUT2D eigenvalue weighted by Gasteiger charge is -2.31. The lowest BCUT2D eigenvalue weighted by atomic mass is 9.74. The van der Waals surface area contributed by atoms with Crippen molar-refractivity contribution in [2.75, 3.05) is 0 Å². The van der Waals surface area contributed by atoms with Crippen LogP contribution in [0.1, 0.15) is 39.5 Å². The zero-order valence-corrected chi connectivity index (χ0v) is 6.83. The molecule has 0 aromatic carbocycles. The van der Waals surface area contributed by atoms with Gasteiger partial charge in [0.2, 0.25) is 0 Å². The van der Waals surface area contributed by atoms with Crippen LogP contribution in [0.15, 0.2) is 22.3 Å². The molecule has 0 bridgehead atoms. The van der Waals surface area contributed by atoms with Gasteiger partial charge in [-0.2, -0.15) is 0 Å². The van der Waals surface area contributed by atoms with Crippen molar-refractivity contribution in [3.63, 3.8) is 0 Å². The molecule has 0 aliphatic heterocycles. The molecule has 0 nitrogen and oxygen atoms in total. The highest BCUT2D eigenvalue weighted by Gasteiger charge is 2.24. The van der Waals surface area contributed by atoms with Crippen LogP contribution in [0.2, 0.25) is 0 Å². The zero-order valence-electron chi connectivity index (χ0n) is 6.83. The van der Waals surface area contributed by atoms with Crippen LogP contribution in [0.3, 0.4) is 0 Å². The Bertz CT molecular complexity index is 204. The summed E-state index contributed by atoms with van der Waals surface area (Å²) >= 11 is 0. The molecule has 0 saturated heterocycles. The van der Waals surface area contributed by atoms with E-state index < -0.39 is 0 Å². The Kier molecular flexibility index (Phi) is 1.23. The van der Waals surface area contributed by atoms with Gasteiger partial charge in [0, 0.05) is 0 Å². The highest BCUT2D eigenvalue weighted by atomic mass is 14.3. The normalized spacial score (nSPS) is 24.6. The van der Waals surface area contributed by atoms with E-state index >= 15 is 0 Å². The molecule has 10 heavy (non-hydrogen) atoms. The molecular formula is C10H14. The molecule has 0 spiro atoms. The van der Waals surface area contributed by atoms with E-state index in [0.29, 0.717) is 0 Å². The summed E-state index contributed by atoms with van der Waals surface area (Å²) in [6.45, 7) is 4.53. The van der Waals surface area contributed by atoms with Crippen LogP contribution in [-0.2, 0) is 0 Å². The van der Waals surface area contributed by atoms with Crippen molar-refractivity contribution in [2.24, 2.45) is 0 Å². The van der Waals surface area contributed by atoms with Gasteiger partial charge in [-0.15, -0.1) is 0 Å². The average Bonchev–Trinajstić information content (AvgIpc) is 2.03. The summed E-state index contributed by atoms with van der Waals surface area (Å²) in [4.78, 5) is 0. The second-order valence-electron chi connectivity index (χ2n) is 3.41. The third kappa shape index (κ3) is 0.622. The van der Waals surface area contributed by atoms with Gasteiger partial charge in [-0.05, 0) is 61.8 Å². The summed E-state index contributed by atoms with van der Waals surface area (Å²) in [6, 6.07) is 0. The number of hydrogen-bond donors (Lipinski definition) is 0. The van der Waals surface area contributed by atoms with Gasteiger partial charge < -0.3 is 0 Å². The molecule has 0 atom stereocenters. The lowest BCUT2D eigenvalue weighted by molar-refractivity contribution is 0.661. The largest absolute Gasteiger partial charge is 0.0489 e. The molecule has 0 heterocycles. The monoisotopic (exact) mass is 134 g/mol. The molecule has 0 amide bonds. The maximum absolute atomic E-state index is 2.26. The Balaban J connectivity index is 2.26. The Morgan fingerprint density at radius 3 is 1.60 bits per heavy atom. The Morgan fingerprint density at radius 1 is 0.800 bits per heavy atom. The number of allylic oxidation sites excluding steroid dienone is 4. The first-order valence-electron chi connectivity index (χ1n) is 4.21. The minimum atomic E-state index is 1.36. The van der Waals surface area contributed by atoms with Crippen molar-refractivity contribution in [3.05, 3.63) is 22.3 Å². The van der Waals surface area contributed by atoms with Crippen LogP contribution in [-0.4, -0.2) is 0 Å². The van der Waals surface area contributed by atoms with Gasteiger partial charge in [-0.1, -0.05) is 0 Å². The summed E-state index contributed by atoms with van der Waals surface area (Å²) < 4.78 is 0. The van der Waals surface area contributed by atoms with E-state index in [1.807, 2.05) is 0 Å². The quantitative estimate of drug-likeness (QED) is 0.477. The molecule has 2 rings (SSSR count). The van der Waals surface area contributed by atoms with Crippen LogP contribution in [0.4, 0.5) is 0 Å². The third-order valence-electron chi connectivity index (χ3n) is 2.94. The minimum absolute atomic E-state index is 1.36. The SMILES string of the molecule is CC1=C(C)C2=C1CCCC2. The molecule has 0 aromatic heterocycles. The van der Waals surface area contributed by atoms with Crippen molar-refractivity contribution in [3.8, 4) is 0 Å². The fourth-order valence-corrected chi connectivity index (χ4v) is 2.12. The van der Waals surface area contributed by atoms with Crippen LogP contribution in [0.25, 0.3) is 0 Å². The van der Waals surface area contributed by atoms with Crippen molar-refractivity contribution in [1.82, 2.24) is 0 Å². The van der Waals surface area contributed by atoms with E-state index in [2.05, 4.69) is 13.8 Å². The van der Waals surface area contributed by atoms with Gasteiger partial charge in [0.15, 0.2) is 0 Å². The second kappa shape index (κ2) is 1.98. The van der Waals surface area contributed by atoms with Gasteiger partial charge in [0.1, 0.15) is 0 Å². The second-order valence-corrected chi connectivity index (χ2v) is 3.41. The van der Waals surface area contributed by atoms with Gasteiger partial charge in [-0.3, -0.25) is 0 Å². The zero-order chi connectivity index (χ0) is 7.14. The van der Waals surface area contributed by atoms with E-state index in [1.165, 1.54) is 25.7 Å². The number of hydrogen-bond acceptors (Lipinski definition) is 0. The predicted molar refractivity (Wildman–Crippen MR) is 43.9 cm³/mol. The maximum atomic E-state index is 2.26. The molecule has 54 valence electrons. The molecule has 0 aromatic rings. The van der Waals surface area contributed by atoms with Crippen LogP contribution >= 0.6 is 0 Å². The van der Waals surface area contributed by atoms with Crippen molar-refractivity contribution in [2.45, 2.75) is 39.5 Å². The fraction of sp³-hybridized carbons (Fsp3) is 0.600. The molecule has 0 heteroatoms. The average molecular weight is 134 g/mol. The summed E-state index contributed by atoms with van der Waals surface area (Å²) in [5, 5.41) is 0. The molecule has 2 aliphatic carbocycles. The standard InChI is InChI=1S/C10H14/c1-7-8(2)10-6-4-3-5-9(7)10/h3-6H2,1-2H3. The molecule has 2 aliphatic rings. The predicted octanol–water partition coefficient (Wildman–Crippen LogP) is 3.21. The van der Waals surface area contributed by atoms with Crippen LogP contribution in [0.5, 0.6) is 0 Å². The minimum Gasteiger partial charge on any atom is -0.0489 e. The van der Waals surface area contributed by atoms with E-state index in [9.17, 15) is 0 Å². The first-order chi connectivity index (χ1) is 4.80. The Labute approximate surface area is 62.6 Å². The molecule has 0 N–H and O–H groups in total. The molecule has 0 saturated carbocycles. The van der Waals surface area contributed by atoms with Crippen molar-refractivity contribution < 1.29 is 0 Å².